The molecule has 16 heteroatoms. The molecule has 4 amide bonds. The third kappa shape index (κ3) is 9.45. The van der Waals surface area contributed by atoms with Crippen LogP contribution in [0.4, 0.5) is 5.82 Å². The predicted molar refractivity (Wildman–Crippen MR) is 216 cm³/mol. The lowest BCUT2D eigenvalue weighted by molar-refractivity contribution is -0.135. The molecule has 3 aromatic heterocycles. The van der Waals surface area contributed by atoms with Gasteiger partial charge in [0.1, 0.15) is 23.3 Å². The number of pyridine rings is 1. The van der Waals surface area contributed by atoms with Crippen LogP contribution in [-0.2, 0) is 14.4 Å². The first kappa shape index (κ1) is 39.4. The average Bonchev–Trinajstić information content (AvgIpc) is 3.65. The molecule has 1 aliphatic carbocycles. The van der Waals surface area contributed by atoms with Crippen LogP contribution >= 0.6 is 0 Å². The van der Waals surface area contributed by atoms with Gasteiger partial charge in [-0.2, -0.15) is 0 Å². The van der Waals surface area contributed by atoms with E-state index in [1.807, 2.05) is 42.4 Å². The summed E-state index contributed by atoms with van der Waals surface area (Å²) < 4.78 is 7.90. The normalized spacial score (nSPS) is 22.0. The van der Waals surface area contributed by atoms with Crippen molar-refractivity contribution in [1.82, 2.24) is 49.8 Å². The zero-order valence-electron chi connectivity index (χ0n) is 33.1. The first-order chi connectivity index (χ1) is 28.3. The van der Waals surface area contributed by atoms with E-state index < -0.39 is 0 Å². The molecule has 1 saturated carbocycles. The van der Waals surface area contributed by atoms with Gasteiger partial charge in [0.25, 0.3) is 11.8 Å². The van der Waals surface area contributed by atoms with Gasteiger partial charge in [0.15, 0.2) is 18.1 Å². The number of aromatic nitrogens is 5. The summed E-state index contributed by atoms with van der Waals surface area (Å²) in [6, 6.07) is 13.0. The molecule has 0 bridgehead atoms. The maximum Gasteiger partial charge on any atom is 0.270 e. The number of carbonyl (C=O) groups excluding carboxylic acids is 4. The summed E-state index contributed by atoms with van der Waals surface area (Å²) in [5.74, 6) is 0.956. The van der Waals surface area contributed by atoms with Gasteiger partial charge in [0.2, 0.25) is 11.8 Å². The number of piperidine rings is 2. The van der Waals surface area contributed by atoms with Crippen molar-refractivity contribution in [1.29, 1.82) is 0 Å². The number of aryl methyl sites for hydroxylation is 1. The van der Waals surface area contributed by atoms with Crippen molar-refractivity contribution in [3.63, 3.8) is 0 Å². The van der Waals surface area contributed by atoms with E-state index in [9.17, 15) is 19.2 Å². The van der Waals surface area contributed by atoms with E-state index in [0.717, 1.165) is 119 Å². The fraction of sp³-hybridized carbons (Fsp3) is 0.524. The van der Waals surface area contributed by atoms with Crippen LogP contribution < -0.4 is 20.7 Å². The highest BCUT2D eigenvalue weighted by Crippen LogP contribution is 2.35. The second-order valence-electron chi connectivity index (χ2n) is 16.1. The molecular formula is C42H53N11O5. The van der Waals surface area contributed by atoms with Crippen molar-refractivity contribution in [2.45, 2.75) is 69.9 Å². The molecule has 4 aliphatic rings. The standard InChI is InChI=1S/C42H53N11O5/c1-28-4-2-5-35(47-28)42(57)48-31-22-32(23-31)53-27-46-38-39(44-26-45-40(38)53)43-14-3-15-50-18-20-51(21-19-50)24-29-12-16-52(17-13-29)37(55)25-58-33-8-6-30(7-9-33)34-10-11-36(54)49-41(34)56/h2,4-9,26-27,29,31-32,34H,3,10-25H2,1H3,(H,48,57)(H,43,44,45)(H,49,54,56)/t31?,32?,34-/m0/s1. The molecule has 0 spiro atoms. The maximum absolute atomic E-state index is 12.9. The summed E-state index contributed by atoms with van der Waals surface area (Å²) in [4.78, 5) is 74.2. The molecule has 16 nitrogen and oxygen atoms in total. The van der Waals surface area contributed by atoms with Gasteiger partial charge in [0.05, 0.1) is 12.2 Å². The second kappa shape index (κ2) is 18.0. The molecule has 6 heterocycles. The van der Waals surface area contributed by atoms with Gasteiger partial charge in [-0.1, -0.05) is 18.2 Å². The van der Waals surface area contributed by atoms with Gasteiger partial charge >= 0.3 is 0 Å². The Hall–Kier alpha value is -5.48. The van der Waals surface area contributed by atoms with E-state index >= 15 is 0 Å². The number of benzene rings is 1. The Morgan fingerprint density at radius 1 is 0.914 bits per heavy atom. The minimum absolute atomic E-state index is 0.00239. The van der Waals surface area contributed by atoms with Crippen LogP contribution in [0.5, 0.6) is 5.75 Å². The molecule has 3 aliphatic heterocycles. The van der Waals surface area contributed by atoms with Crippen LogP contribution in [0.15, 0.2) is 55.1 Å². The molecule has 8 rings (SSSR count). The van der Waals surface area contributed by atoms with Gasteiger partial charge in [-0.15, -0.1) is 0 Å². The number of hydrogen-bond donors (Lipinski definition) is 3. The number of imide groups is 1. The van der Waals surface area contributed by atoms with E-state index in [4.69, 9.17) is 4.74 Å². The molecule has 1 atom stereocenters. The number of anilines is 1. The third-order valence-electron chi connectivity index (χ3n) is 12.1. The Balaban J connectivity index is 0.693. The number of fused-ring (bicyclic) bond motifs is 1. The van der Waals surface area contributed by atoms with Crippen molar-refractivity contribution >= 4 is 40.6 Å². The number of piperazine rings is 1. The Labute approximate surface area is 338 Å². The zero-order chi connectivity index (χ0) is 40.0. The van der Waals surface area contributed by atoms with Gasteiger partial charge in [-0.25, -0.2) is 19.9 Å². The van der Waals surface area contributed by atoms with Gasteiger partial charge < -0.3 is 34.6 Å². The summed E-state index contributed by atoms with van der Waals surface area (Å²) in [6.07, 6.45) is 8.89. The Morgan fingerprint density at radius 2 is 1.69 bits per heavy atom. The van der Waals surface area contributed by atoms with E-state index in [2.05, 4.69) is 50.3 Å². The predicted octanol–water partition coefficient (Wildman–Crippen LogP) is 2.92. The number of imidazole rings is 1. The summed E-state index contributed by atoms with van der Waals surface area (Å²) >= 11 is 0. The van der Waals surface area contributed by atoms with Crippen LogP contribution in [0.3, 0.4) is 0 Å². The quantitative estimate of drug-likeness (QED) is 0.126. The van der Waals surface area contributed by atoms with Crippen LogP contribution in [0.1, 0.15) is 78.7 Å². The van der Waals surface area contributed by atoms with E-state index in [0.29, 0.717) is 30.2 Å². The molecule has 0 unspecified atom stereocenters. The average molecular weight is 792 g/mol. The van der Waals surface area contributed by atoms with Gasteiger partial charge in [-0.3, -0.25) is 24.5 Å². The van der Waals surface area contributed by atoms with Crippen LogP contribution in [0.2, 0.25) is 0 Å². The van der Waals surface area contributed by atoms with Gasteiger partial charge in [0, 0.05) is 76.6 Å². The topological polar surface area (TPSA) is 180 Å². The third-order valence-corrected chi connectivity index (χ3v) is 12.1. The van der Waals surface area contributed by atoms with Crippen LogP contribution in [0.25, 0.3) is 11.2 Å². The summed E-state index contributed by atoms with van der Waals surface area (Å²) in [7, 11) is 0. The van der Waals surface area contributed by atoms with E-state index in [-0.39, 0.29) is 48.2 Å². The molecular weight excluding hydrogens is 739 g/mol. The molecule has 4 fully saturated rings. The van der Waals surface area contributed by atoms with Crippen LogP contribution in [0, 0.1) is 12.8 Å². The van der Waals surface area contributed by atoms with Gasteiger partial charge in [-0.05, 0) is 87.7 Å². The van der Waals surface area contributed by atoms with Crippen molar-refractivity contribution in [3.8, 4) is 5.75 Å². The lowest BCUT2D eigenvalue weighted by Crippen LogP contribution is -2.49. The van der Waals surface area contributed by atoms with Crippen molar-refractivity contribution < 1.29 is 23.9 Å². The van der Waals surface area contributed by atoms with E-state index in [1.54, 1.807) is 24.5 Å². The summed E-state index contributed by atoms with van der Waals surface area (Å²) in [5.41, 5.74) is 3.69. The first-order valence-corrected chi connectivity index (χ1v) is 20.7. The second-order valence-corrected chi connectivity index (χ2v) is 16.1. The molecule has 4 aromatic rings. The number of likely N-dealkylation sites (tertiary alicyclic amines) is 1. The zero-order valence-corrected chi connectivity index (χ0v) is 33.1. The minimum Gasteiger partial charge on any atom is -0.484 e. The molecule has 0 radical (unpaired) electrons. The monoisotopic (exact) mass is 791 g/mol. The number of hydrogen-bond acceptors (Lipinski definition) is 12. The van der Waals surface area contributed by atoms with Crippen LogP contribution in [-0.4, -0.2) is 134 Å². The molecule has 3 N–H and O–H groups in total. The Kier molecular flexibility index (Phi) is 12.2. The molecule has 3 saturated heterocycles. The number of nitrogens with zero attached hydrogens (tertiary/aromatic N) is 8. The first-order valence-electron chi connectivity index (χ1n) is 20.7. The number of ether oxygens (including phenoxy) is 1. The highest BCUT2D eigenvalue weighted by atomic mass is 16.5. The maximum atomic E-state index is 12.9. The molecule has 58 heavy (non-hydrogen) atoms. The fourth-order valence-electron chi connectivity index (χ4n) is 8.59. The lowest BCUT2D eigenvalue weighted by atomic mass is 9.86. The summed E-state index contributed by atoms with van der Waals surface area (Å²) in [5, 5.41) is 8.99. The number of rotatable bonds is 14. The lowest BCUT2D eigenvalue weighted by Gasteiger charge is -2.39. The van der Waals surface area contributed by atoms with E-state index in [1.165, 1.54) is 0 Å². The Bertz CT molecular complexity index is 2090. The number of amides is 4. The highest BCUT2D eigenvalue weighted by Gasteiger charge is 2.34. The fourth-order valence-corrected chi connectivity index (χ4v) is 8.59. The summed E-state index contributed by atoms with van der Waals surface area (Å²) in [6.45, 7) is 10.5. The largest absolute Gasteiger partial charge is 0.484 e. The highest BCUT2D eigenvalue weighted by molar-refractivity contribution is 6.01. The van der Waals surface area contributed by atoms with Crippen molar-refractivity contribution in [2.75, 3.05) is 70.8 Å². The van der Waals surface area contributed by atoms with Crippen molar-refractivity contribution in [2.24, 2.45) is 5.92 Å². The Morgan fingerprint density at radius 3 is 2.45 bits per heavy atom. The molecule has 1 aromatic carbocycles. The number of nitrogens with one attached hydrogen (secondary N) is 3. The minimum atomic E-state index is -0.338. The molecule has 306 valence electrons. The van der Waals surface area contributed by atoms with Crippen molar-refractivity contribution in [3.05, 3.63) is 72.1 Å². The number of carbonyl (C=O) groups is 4. The SMILES string of the molecule is Cc1cccc(C(=O)NC2CC(n3cnc4c(NCCCN5CCN(CC6CCN(C(=O)COc7ccc([C@@H]8CCC(=O)NC8=O)cc7)CC6)CC5)ncnc43)C2)n1. The smallest absolute Gasteiger partial charge is 0.270 e.